The number of fused-ring (bicyclic) bond motifs is 1. The van der Waals surface area contributed by atoms with Gasteiger partial charge in [0.15, 0.2) is 0 Å². The number of amides is 1. The van der Waals surface area contributed by atoms with Crippen LogP contribution < -0.4 is 10.1 Å². The first-order valence-corrected chi connectivity index (χ1v) is 9.10. The molecule has 0 spiro atoms. The molecular formula is C23H18N4O2. The predicted octanol–water partition coefficient (Wildman–Crippen LogP) is 4.35. The lowest BCUT2D eigenvalue weighted by molar-refractivity contribution is 0.102. The normalized spacial score (nSPS) is 10.5. The maximum Gasteiger partial charge on any atom is 0.255 e. The van der Waals surface area contributed by atoms with Crippen molar-refractivity contribution < 1.29 is 9.53 Å². The smallest absolute Gasteiger partial charge is 0.255 e. The Morgan fingerprint density at radius 3 is 2.76 bits per heavy atom. The number of ether oxygens (including phenoxy) is 1. The fourth-order valence-electron chi connectivity index (χ4n) is 3.00. The molecule has 4 rings (SSSR count). The molecule has 0 fully saturated rings. The molecule has 29 heavy (non-hydrogen) atoms. The van der Waals surface area contributed by atoms with Crippen molar-refractivity contribution >= 4 is 17.2 Å². The molecule has 0 aliphatic heterocycles. The van der Waals surface area contributed by atoms with Crippen molar-refractivity contribution in [3.05, 3.63) is 95.4 Å². The molecule has 2 heterocycles. The Balaban J connectivity index is 1.40. The third-order valence-electron chi connectivity index (χ3n) is 4.48. The number of pyridine rings is 1. The quantitative estimate of drug-likeness (QED) is 0.557. The van der Waals surface area contributed by atoms with Crippen LogP contribution in [0.5, 0.6) is 5.75 Å². The van der Waals surface area contributed by atoms with Crippen LogP contribution in [0.3, 0.4) is 0 Å². The summed E-state index contributed by atoms with van der Waals surface area (Å²) in [5.41, 5.74) is 4.43. The van der Waals surface area contributed by atoms with Gasteiger partial charge < -0.3 is 14.5 Å². The van der Waals surface area contributed by atoms with E-state index in [1.54, 1.807) is 48.5 Å². The number of anilines is 1. The third kappa shape index (κ3) is 4.09. The van der Waals surface area contributed by atoms with E-state index in [1.807, 2.05) is 35.9 Å². The summed E-state index contributed by atoms with van der Waals surface area (Å²) in [6.07, 6.45) is 3.90. The first-order chi connectivity index (χ1) is 14.1. The number of nitriles is 1. The molecule has 6 nitrogen and oxygen atoms in total. The molecule has 4 aromatic rings. The molecule has 2 aromatic heterocycles. The van der Waals surface area contributed by atoms with Crippen LogP contribution >= 0.6 is 0 Å². The summed E-state index contributed by atoms with van der Waals surface area (Å²) in [5, 5.41) is 11.7. The van der Waals surface area contributed by atoms with Gasteiger partial charge in [-0.1, -0.05) is 12.1 Å². The van der Waals surface area contributed by atoms with Crippen LogP contribution in [0.2, 0.25) is 0 Å². The molecule has 0 unspecified atom stereocenters. The first kappa shape index (κ1) is 18.3. The van der Waals surface area contributed by atoms with E-state index in [-0.39, 0.29) is 5.91 Å². The number of nitrogens with zero attached hydrogens (tertiary/aromatic N) is 3. The van der Waals surface area contributed by atoms with E-state index in [1.165, 1.54) is 0 Å². The van der Waals surface area contributed by atoms with Crippen LogP contribution in [0.4, 0.5) is 5.69 Å². The highest BCUT2D eigenvalue weighted by Gasteiger charge is 2.08. The lowest BCUT2D eigenvalue weighted by Crippen LogP contribution is -2.11. The Labute approximate surface area is 168 Å². The summed E-state index contributed by atoms with van der Waals surface area (Å²) in [5.74, 6) is 0.407. The van der Waals surface area contributed by atoms with Crippen LogP contribution in [0, 0.1) is 18.3 Å². The number of aromatic nitrogens is 2. The molecule has 0 aliphatic carbocycles. The monoisotopic (exact) mass is 382 g/mol. The molecule has 0 aliphatic rings. The zero-order valence-electron chi connectivity index (χ0n) is 15.8. The van der Waals surface area contributed by atoms with Crippen LogP contribution in [0.15, 0.2) is 73.1 Å². The second-order valence-electron chi connectivity index (χ2n) is 6.61. The lowest BCUT2D eigenvalue weighted by Gasteiger charge is -2.07. The summed E-state index contributed by atoms with van der Waals surface area (Å²) in [6, 6.07) is 19.7. The minimum atomic E-state index is -0.248. The van der Waals surface area contributed by atoms with E-state index >= 15 is 0 Å². The van der Waals surface area contributed by atoms with Crippen LogP contribution in [0.25, 0.3) is 5.65 Å². The molecule has 0 saturated carbocycles. The number of carbonyl (C=O) groups excluding carboxylic acids is 1. The molecule has 1 amide bonds. The van der Waals surface area contributed by atoms with E-state index in [9.17, 15) is 4.79 Å². The Hall–Kier alpha value is -4.11. The van der Waals surface area contributed by atoms with Crippen molar-refractivity contribution in [1.82, 2.24) is 9.38 Å². The van der Waals surface area contributed by atoms with E-state index < -0.39 is 0 Å². The van der Waals surface area contributed by atoms with Gasteiger partial charge >= 0.3 is 0 Å². The minimum absolute atomic E-state index is 0.248. The standard InChI is InChI=1S/C23H18N4O2/c1-16-4-3-11-27-14-20(25-22(16)27)15-29-21-9-7-18(8-10-21)23(28)26-19-6-2-5-17(12-19)13-24/h2-12,14H,15H2,1H3,(H,26,28). The van der Waals surface area contributed by atoms with Crippen molar-refractivity contribution in [2.45, 2.75) is 13.5 Å². The topological polar surface area (TPSA) is 79.4 Å². The molecule has 2 aromatic carbocycles. The largest absolute Gasteiger partial charge is 0.487 e. The molecule has 0 bridgehead atoms. The highest BCUT2D eigenvalue weighted by atomic mass is 16.5. The van der Waals surface area contributed by atoms with Gasteiger partial charge in [-0.05, 0) is 61.0 Å². The second-order valence-corrected chi connectivity index (χ2v) is 6.61. The fourth-order valence-corrected chi connectivity index (χ4v) is 3.00. The lowest BCUT2D eigenvalue weighted by atomic mass is 10.2. The summed E-state index contributed by atoms with van der Waals surface area (Å²) in [7, 11) is 0. The van der Waals surface area contributed by atoms with Crippen molar-refractivity contribution in [3.8, 4) is 11.8 Å². The van der Waals surface area contributed by atoms with Crippen molar-refractivity contribution in [3.63, 3.8) is 0 Å². The minimum Gasteiger partial charge on any atom is -0.487 e. The number of nitrogens with one attached hydrogen (secondary N) is 1. The van der Waals surface area contributed by atoms with E-state index in [0.717, 1.165) is 16.9 Å². The SMILES string of the molecule is Cc1cccn2cc(COc3ccc(C(=O)Nc4cccc(C#N)c4)cc3)nc12. The van der Waals surface area contributed by atoms with Gasteiger partial charge in [0.25, 0.3) is 5.91 Å². The van der Waals surface area contributed by atoms with Crippen molar-refractivity contribution in [2.24, 2.45) is 0 Å². The van der Waals surface area contributed by atoms with Gasteiger partial charge in [0, 0.05) is 23.6 Å². The van der Waals surface area contributed by atoms with Crippen LogP contribution in [-0.2, 0) is 6.61 Å². The van der Waals surface area contributed by atoms with Gasteiger partial charge in [-0.25, -0.2) is 4.98 Å². The zero-order chi connectivity index (χ0) is 20.2. The molecule has 0 saturated heterocycles. The van der Waals surface area contributed by atoms with Crippen LogP contribution in [0.1, 0.15) is 27.2 Å². The zero-order valence-corrected chi connectivity index (χ0v) is 15.8. The highest BCUT2D eigenvalue weighted by molar-refractivity contribution is 6.04. The number of carbonyl (C=O) groups is 1. The summed E-state index contributed by atoms with van der Waals surface area (Å²) >= 11 is 0. The van der Waals surface area contributed by atoms with Crippen molar-refractivity contribution in [1.29, 1.82) is 5.26 Å². The average molecular weight is 382 g/mol. The van der Waals surface area contributed by atoms with E-state index in [0.29, 0.717) is 29.2 Å². The fraction of sp³-hybridized carbons (Fsp3) is 0.0870. The molecule has 6 heteroatoms. The molecule has 0 radical (unpaired) electrons. The maximum absolute atomic E-state index is 12.4. The number of benzene rings is 2. The Kier molecular flexibility index (Phi) is 4.95. The van der Waals surface area contributed by atoms with Gasteiger partial charge in [-0.2, -0.15) is 5.26 Å². The first-order valence-electron chi connectivity index (χ1n) is 9.10. The molecule has 1 N–H and O–H groups in total. The Bertz CT molecular complexity index is 1220. The summed E-state index contributed by atoms with van der Waals surface area (Å²) < 4.78 is 7.78. The van der Waals surface area contributed by atoms with Gasteiger partial charge in [0.2, 0.25) is 0 Å². The second kappa shape index (κ2) is 7.87. The third-order valence-corrected chi connectivity index (χ3v) is 4.48. The average Bonchev–Trinajstić information content (AvgIpc) is 3.17. The summed E-state index contributed by atoms with van der Waals surface area (Å²) in [4.78, 5) is 17.0. The number of imidazole rings is 1. The summed E-state index contributed by atoms with van der Waals surface area (Å²) in [6.45, 7) is 2.36. The van der Waals surface area contributed by atoms with Gasteiger partial charge in [-0.3, -0.25) is 4.79 Å². The van der Waals surface area contributed by atoms with Crippen molar-refractivity contribution in [2.75, 3.05) is 5.32 Å². The number of aryl methyl sites for hydroxylation is 1. The van der Waals surface area contributed by atoms with Gasteiger partial charge in [0.1, 0.15) is 18.0 Å². The van der Waals surface area contributed by atoms with Crippen LogP contribution in [-0.4, -0.2) is 15.3 Å². The molecular weight excluding hydrogens is 364 g/mol. The molecule has 142 valence electrons. The number of hydrogen-bond donors (Lipinski definition) is 1. The van der Waals surface area contributed by atoms with E-state index in [4.69, 9.17) is 10.00 Å². The Morgan fingerprint density at radius 2 is 2.00 bits per heavy atom. The Morgan fingerprint density at radius 1 is 1.17 bits per heavy atom. The highest BCUT2D eigenvalue weighted by Crippen LogP contribution is 2.17. The van der Waals surface area contributed by atoms with E-state index in [2.05, 4.69) is 16.4 Å². The number of hydrogen-bond acceptors (Lipinski definition) is 4. The van der Waals surface area contributed by atoms with Gasteiger partial charge in [0.05, 0.1) is 17.3 Å². The number of rotatable bonds is 5. The molecule has 0 atom stereocenters. The van der Waals surface area contributed by atoms with Gasteiger partial charge in [-0.15, -0.1) is 0 Å². The maximum atomic E-state index is 12.4. The predicted molar refractivity (Wildman–Crippen MR) is 110 cm³/mol.